The van der Waals surface area contributed by atoms with Crippen molar-refractivity contribution in [3.05, 3.63) is 57.7 Å². The molecule has 3 heterocycles. The Morgan fingerprint density at radius 2 is 2.00 bits per heavy atom. The van der Waals surface area contributed by atoms with Crippen LogP contribution >= 0.6 is 23.1 Å². The minimum absolute atomic E-state index is 0.0353. The molecule has 0 radical (unpaired) electrons. The highest BCUT2D eigenvalue weighted by Crippen LogP contribution is 2.24. The number of thioether (sulfide) groups is 1. The smallest absolute Gasteiger partial charge is 0.272 e. The SMILES string of the molecule is CC(C)Cn1c(=O)c2sccc2n2c(SCC(=O)NCCCc3ccccc3)nnc12. The first-order valence-corrected chi connectivity index (χ1v) is 12.2. The van der Waals surface area contributed by atoms with Gasteiger partial charge in [0.25, 0.3) is 5.56 Å². The zero-order valence-corrected chi connectivity index (χ0v) is 19.2. The van der Waals surface area contributed by atoms with Crippen LogP contribution < -0.4 is 10.9 Å². The lowest BCUT2D eigenvalue weighted by molar-refractivity contribution is -0.118. The summed E-state index contributed by atoms with van der Waals surface area (Å²) in [5.41, 5.74) is 2.03. The van der Waals surface area contributed by atoms with Gasteiger partial charge in [0.05, 0.1) is 11.3 Å². The van der Waals surface area contributed by atoms with E-state index in [1.165, 1.54) is 28.7 Å². The summed E-state index contributed by atoms with van der Waals surface area (Å²) in [5.74, 6) is 1.04. The van der Waals surface area contributed by atoms with Gasteiger partial charge in [-0.3, -0.25) is 18.6 Å². The molecule has 0 aliphatic heterocycles. The van der Waals surface area contributed by atoms with Crippen LogP contribution in [0.15, 0.2) is 51.7 Å². The number of amides is 1. The minimum atomic E-state index is -0.0358. The molecule has 0 aliphatic carbocycles. The summed E-state index contributed by atoms with van der Waals surface area (Å²) in [4.78, 5) is 25.2. The molecule has 4 rings (SSSR count). The second kappa shape index (κ2) is 9.65. The van der Waals surface area contributed by atoms with Crippen LogP contribution in [0.25, 0.3) is 16.0 Å². The fraction of sp³-hybridized carbons (Fsp3) is 0.364. The van der Waals surface area contributed by atoms with Crippen LogP contribution in [0.1, 0.15) is 25.8 Å². The number of thiophene rings is 1. The molecule has 0 aliphatic rings. The van der Waals surface area contributed by atoms with Crippen molar-refractivity contribution >= 4 is 45.0 Å². The molecule has 0 saturated carbocycles. The second-order valence-corrected chi connectivity index (χ2v) is 9.65. The highest BCUT2D eigenvalue weighted by atomic mass is 32.2. The van der Waals surface area contributed by atoms with Gasteiger partial charge < -0.3 is 5.32 Å². The molecule has 9 heteroatoms. The lowest BCUT2D eigenvalue weighted by Gasteiger charge is -2.11. The fourth-order valence-electron chi connectivity index (χ4n) is 3.47. The van der Waals surface area contributed by atoms with Crippen LogP contribution in [-0.4, -0.2) is 37.4 Å². The quantitative estimate of drug-likeness (QED) is 0.308. The number of carbonyl (C=O) groups is 1. The van der Waals surface area contributed by atoms with Gasteiger partial charge in [0, 0.05) is 13.1 Å². The Morgan fingerprint density at radius 1 is 1.19 bits per heavy atom. The Labute approximate surface area is 188 Å². The third kappa shape index (κ3) is 4.83. The molecule has 0 bridgehead atoms. The first-order chi connectivity index (χ1) is 15.0. The van der Waals surface area contributed by atoms with E-state index in [2.05, 4.69) is 41.5 Å². The topological polar surface area (TPSA) is 81.3 Å². The van der Waals surface area contributed by atoms with Crippen LogP contribution in [-0.2, 0) is 17.8 Å². The van der Waals surface area contributed by atoms with E-state index in [9.17, 15) is 9.59 Å². The number of rotatable bonds is 9. The van der Waals surface area contributed by atoms with Crippen LogP contribution in [0.5, 0.6) is 0 Å². The maximum absolute atomic E-state index is 12.9. The molecule has 0 unspecified atom stereocenters. The summed E-state index contributed by atoms with van der Waals surface area (Å²) < 4.78 is 4.26. The lowest BCUT2D eigenvalue weighted by atomic mass is 10.1. The van der Waals surface area contributed by atoms with Gasteiger partial charge in [-0.05, 0) is 35.8 Å². The monoisotopic (exact) mass is 455 g/mol. The Bertz CT molecular complexity index is 1240. The zero-order valence-electron chi connectivity index (χ0n) is 17.6. The van der Waals surface area contributed by atoms with Crippen LogP contribution in [0.3, 0.4) is 0 Å². The van der Waals surface area contributed by atoms with Gasteiger partial charge in [-0.2, -0.15) is 0 Å². The van der Waals surface area contributed by atoms with Gasteiger partial charge in [-0.1, -0.05) is 55.9 Å². The molecule has 1 amide bonds. The normalized spacial score (nSPS) is 11.6. The van der Waals surface area contributed by atoms with Crippen molar-refractivity contribution in [1.82, 2.24) is 24.5 Å². The summed E-state index contributed by atoms with van der Waals surface area (Å²) in [6, 6.07) is 12.2. The van der Waals surface area contributed by atoms with Gasteiger partial charge in [0.15, 0.2) is 5.16 Å². The third-order valence-corrected chi connectivity index (χ3v) is 6.69. The van der Waals surface area contributed by atoms with E-state index < -0.39 is 0 Å². The van der Waals surface area contributed by atoms with Gasteiger partial charge in [0.1, 0.15) is 4.70 Å². The fourth-order valence-corrected chi connectivity index (χ4v) is 5.06. The van der Waals surface area contributed by atoms with Gasteiger partial charge >= 0.3 is 0 Å². The average molecular weight is 456 g/mol. The number of aromatic nitrogens is 4. The summed E-state index contributed by atoms with van der Waals surface area (Å²) in [6.07, 6.45) is 1.83. The molecule has 0 saturated heterocycles. The number of aryl methyl sites for hydroxylation is 1. The molecule has 1 aromatic carbocycles. The predicted octanol–water partition coefficient (Wildman–Crippen LogP) is 3.60. The highest BCUT2D eigenvalue weighted by molar-refractivity contribution is 7.99. The molecule has 31 heavy (non-hydrogen) atoms. The molecular weight excluding hydrogens is 430 g/mol. The van der Waals surface area contributed by atoms with Crippen LogP contribution in [0.2, 0.25) is 0 Å². The van der Waals surface area contributed by atoms with Crippen molar-refractivity contribution in [3.8, 4) is 0 Å². The number of hydrogen-bond acceptors (Lipinski definition) is 6. The van der Waals surface area contributed by atoms with Crippen molar-refractivity contribution in [1.29, 1.82) is 0 Å². The predicted molar refractivity (Wildman–Crippen MR) is 126 cm³/mol. The van der Waals surface area contributed by atoms with E-state index in [4.69, 9.17) is 0 Å². The maximum atomic E-state index is 12.9. The van der Waals surface area contributed by atoms with E-state index in [0.29, 0.717) is 34.6 Å². The van der Waals surface area contributed by atoms with E-state index in [-0.39, 0.29) is 17.2 Å². The molecule has 0 atom stereocenters. The number of nitrogens with zero attached hydrogens (tertiary/aromatic N) is 4. The molecular formula is C22H25N5O2S2. The summed E-state index contributed by atoms with van der Waals surface area (Å²) in [5, 5.41) is 14.1. The molecule has 0 fully saturated rings. The molecule has 3 aromatic heterocycles. The van der Waals surface area contributed by atoms with Crippen molar-refractivity contribution in [2.24, 2.45) is 5.92 Å². The standard InChI is InChI=1S/C22H25N5O2S2/c1-15(2)13-26-20(29)19-17(10-12-30-19)27-21(26)24-25-22(27)31-14-18(28)23-11-6-9-16-7-4-3-5-8-16/h3-5,7-8,10,12,15H,6,9,11,13-14H2,1-2H3,(H,23,28). The number of nitrogens with one attached hydrogen (secondary N) is 1. The average Bonchev–Trinajstić information content (AvgIpc) is 3.40. The molecule has 1 N–H and O–H groups in total. The molecule has 7 nitrogen and oxygen atoms in total. The van der Waals surface area contributed by atoms with E-state index in [1.807, 2.05) is 34.0 Å². The van der Waals surface area contributed by atoms with E-state index in [0.717, 1.165) is 18.4 Å². The second-order valence-electron chi connectivity index (χ2n) is 7.79. The summed E-state index contributed by atoms with van der Waals surface area (Å²) in [6.45, 7) is 5.34. The Kier molecular flexibility index (Phi) is 6.72. The molecule has 162 valence electrons. The lowest BCUT2D eigenvalue weighted by Crippen LogP contribution is -2.26. The Morgan fingerprint density at radius 3 is 2.77 bits per heavy atom. The minimum Gasteiger partial charge on any atom is -0.355 e. The van der Waals surface area contributed by atoms with Crippen LogP contribution in [0, 0.1) is 5.92 Å². The van der Waals surface area contributed by atoms with E-state index in [1.54, 1.807) is 4.57 Å². The van der Waals surface area contributed by atoms with Crippen molar-refractivity contribution in [2.75, 3.05) is 12.3 Å². The Hall–Kier alpha value is -2.65. The highest BCUT2D eigenvalue weighted by Gasteiger charge is 2.19. The zero-order chi connectivity index (χ0) is 21.8. The van der Waals surface area contributed by atoms with Crippen molar-refractivity contribution in [2.45, 2.75) is 38.4 Å². The van der Waals surface area contributed by atoms with Crippen molar-refractivity contribution in [3.63, 3.8) is 0 Å². The number of carbonyl (C=O) groups excluding carboxylic acids is 1. The van der Waals surface area contributed by atoms with Crippen molar-refractivity contribution < 1.29 is 4.79 Å². The number of hydrogen-bond donors (Lipinski definition) is 1. The Balaban J connectivity index is 1.43. The number of benzene rings is 1. The largest absolute Gasteiger partial charge is 0.355 e. The third-order valence-electron chi connectivity index (χ3n) is 4.87. The van der Waals surface area contributed by atoms with Crippen LogP contribution in [0.4, 0.5) is 0 Å². The summed E-state index contributed by atoms with van der Waals surface area (Å²) >= 11 is 2.76. The van der Waals surface area contributed by atoms with Gasteiger partial charge in [-0.15, -0.1) is 21.5 Å². The first kappa shape index (κ1) is 21.6. The van der Waals surface area contributed by atoms with Gasteiger partial charge in [0.2, 0.25) is 11.7 Å². The van der Waals surface area contributed by atoms with E-state index >= 15 is 0 Å². The first-order valence-electron chi connectivity index (χ1n) is 10.3. The summed E-state index contributed by atoms with van der Waals surface area (Å²) in [7, 11) is 0. The molecule has 4 aromatic rings. The maximum Gasteiger partial charge on any atom is 0.272 e. The van der Waals surface area contributed by atoms with Gasteiger partial charge in [-0.25, -0.2) is 0 Å². The molecule has 0 spiro atoms. The number of fused-ring (bicyclic) bond motifs is 3.